The molecule has 0 heterocycles. The Labute approximate surface area is 112 Å². The fourth-order valence-electron chi connectivity index (χ4n) is 2.98. The summed E-state index contributed by atoms with van der Waals surface area (Å²) >= 11 is 0. The lowest BCUT2D eigenvalue weighted by Gasteiger charge is -2.22. The summed E-state index contributed by atoms with van der Waals surface area (Å²) in [6, 6.07) is 0. The first-order valence-corrected chi connectivity index (χ1v) is 7.73. The molecule has 0 spiro atoms. The van der Waals surface area contributed by atoms with Crippen molar-refractivity contribution in [2.75, 3.05) is 13.1 Å². The number of carbonyl (C=O) groups excluding carboxylic acids is 1. The highest BCUT2D eigenvalue weighted by molar-refractivity contribution is 5.76. The molecule has 1 fully saturated rings. The van der Waals surface area contributed by atoms with E-state index in [0.717, 1.165) is 25.9 Å². The Morgan fingerprint density at radius 2 is 2.00 bits per heavy atom. The van der Waals surface area contributed by atoms with E-state index in [-0.39, 0.29) is 5.91 Å². The van der Waals surface area contributed by atoms with Crippen molar-refractivity contribution in [1.29, 1.82) is 0 Å². The zero-order valence-corrected chi connectivity index (χ0v) is 11.9. The molecule has 3 nitrogen and oxygen atoms in total. The molecule has 1 rings (SSSR count). The number of hydrogen-bond donors (Lipinski definition) is 2. The predicted molar refractivity (Wildman–Crippen MR) is 76.3 cm³/mol. The van der Waals surface area contributed by atoms with Crippen molar-refractivity contribution < 1.29 is 4.79 Å². The van der Waals surface area contributed by atoms with Gasteiger partial charge in [0.2, 0.25) is 5.91 Å². The van der Waals surface area contributed by atoms with Crippen LogP contribution in [0.4, 0.5) is 0 Å². The summed E-state index contributed by atoms with van der Waals surface area (Å²) in [5, 5.41) is 3.11. The maximum absolute atomic E-state index is 11.9. The van der Waals surface area contributed by atoms with Crippen LogP contribution in [0.2, 0.25) is 0 Å². The lowest BCUT2D eigenvalue weighted by Crippen LogP contribution is -2.31. The molecule has 0 bridgehead atoms. The number of hydrogen-bond acceptors (Lipinski definition) is 2. The molecule has 0 aliphatic heterocycles. The third kappa shape index (κ3) is 6.39. The molecule has 106 valence electrons. The van der Waals surface area contributed by atoms with E-state index >= 15 is 0 Å². The van der Waals surface area contributed by atoms with Crippen molar-refractivity contribution in [2.24, 2.45) is 17.6 Å². The van der Waals surface area contributed by atoms with E-state index in [2.05, 4.69) is 12.2 Å². The maximum atomic E-state index is 11.9. The highest BCUT2D eigenvalue weighted by atomic mass is 16.1. The fraction of sp³-hybridized carbons (Fsp3) is 0.933. The third-order valence-electron chi connectivity index (χ3n) is 4.06. The molecule has 1 aliphatic carbocycles. The summed E-state index contributed by atoms with van der Waals surface area (Å²) in [7, 11) is 0. The Hall–Kier alpha value is -0.570. The van der Waals surface area contributed by atoms with E-state index in [0.29, 0.717) is 11.8 Å². The molecule has 1 saturated carbocycles. The van der Waals surface area contributed by atoms with Gasteiger partial charge in [0.1, 0.15) is 0 Å². The Bertz CT molecular complexity index is 219. The van der Waals surface area contributed by atoms with E-state index in [1.807, 2.05) is 0 Å². The topological polar surface area (TPSA) is 55.1 Å². The van der Waals surface area contributed by atoms with Crippen molar-refractivity contribution >= 4 is 5.91 Å². The van der Waals surface area contributed by atoms with Crippen LogP contribution in [-0.4, -0.2) is 19.0 Å². The minimum atomic E-state index is 0.250. The van der Waals surface area contributed by atoms with Gasteiger partial charge in [-0.3, -0.25) is 4.79 Å². The molecule has 0 radical (unpaired) electrons. The van der Waals surface area contributed by atoms with Crippen molar-refractivity contribution in [2.45, 2.75) is 64.7 Å². The molecular formula is C15H30N2O. The maximum Gasteiger partial charge on any atom is 0.220 e. The first-order chi connectivity index (χ1) is 8.76. The average Bonchev–Trinajstić information content (AvgIpc) is 2.38. The van der Waals surface area contributed by atoms with Gasteiger partial charge in [-0.15, -0.1) is 0 Å². The summed E-state index contributed by atoms with van der Waals surface area (Å²) in [6.07, 6.45) is 10.6. The van der Waals surface area contributed by atoms with Crippen molar-refractivity contribution in [3.05, 3.63) is 0 Å². The molecule has 1 unspecified atom stereocenters. The van der Waals surface area contributed by atoms with E-state index < -0.39 is 0 Å². The van der Waals surface area contributed by atoms with Gasteiger partial charge in [-0.2, -0.15) is 0 Å². The standard InChI is InChI=1S/C15H30N2O/c1-2-6-14(9-10-16)12-17-15(18)11-13-7-4-3-5-8-13/h13-14H,2-12,16H2,1H3,(H,17,18). The van der Waals surface area contributed by atoms with Gasteiger partial charge < -0.3 is 11.1 Å². The number of rotatable bonds is 8. The van der Waals surface area contributed by atoms with Gasteiger partial charge in [-0.25, -0.2) is 0 Å². The van der Waals surface area contributed by atoms with Crippen molar-refractivity contribution in [3.63, 3.8) is 0 Å². The minimum Gasteiger partial charge on any atom is -0.356 e. The first kappa shape index (κ1) is 15.5. The predicted octanol–water partition coefficient (Wildman–Crippen LogP) is 2.84. The summed E-state index contributed by atoms with van der Waals surface area (Å²) in [6.45, 7) is 3.73. The largest absolute Gasteiger partial charge is 0.356 e. The molecule has 0 aromatic carbocycles. The second-order valence-corrected chi connectivity index (χ2v) is 5.74. The van der Waals surface area contributed by atoms with E-state index in [1.54, 1.807) is 0 Å². The van der Waals surface area contributed by atoms with Gasteiger partial charge in [-0.05, 0) is 44.1 Å². The Balaban J connectivity index is 2.17. The molecule has 1 amide bonds. The molecule has 3 N–H and O–H groups in total. The Morgan fingerprint density at radius 3 is 2.61 bits per heavy atom. The first-order valence-electron chi connectivity index (χ1n) is 7.73. The summed E-state index contributed by atoms with van der Waals surface area (Å²) in [5.41, 5.74) is 5.60. The van der Waals surface area contributed by atoms with Crippen LogP contribution in [0.15, 0.2) is 0 Å². The van der Waals surface area contributed by atoms with Gasteiger partial charge in [0.15, 0.2) is 0 Å². The van der Waals surface area contributed by atoms with Crippen molar-refractivity contribution in [3.8, 4) is 0 Å². The normalized spacial score (nSPS) is 18.6. The molecule has 0 aromatic rings. The number of amides is 1. The molecule has 0 aromatic heterocycles. The van der Waals surface area contributed by atoms with E-state index in [4.69, 9.17) is 5.73 Å². The molecule has 1 aliphatic rings. The highest BCUT2D eigenvalue weighted by Gasteiger charge is 2.17. The van der Waals surface area contributed by atoms with Crippen LogP contribution in [0.25, 0.3) is 0 Å². The highest BCUT2D eigenvalue weighted by Crippen LogP contribution is 2.26. The fourth-order valence-corrected chi connectivity index (χ4v) is 2.98. The van der Waals surface area contributed by atoms with E-state index in [1.165, 1.54) is 44.9 Å². The second kappa shape index (κ2) is 9.37. The zero-order chi connectivity index (χ0) is 13.2. The third-order valence-corrected chi connectivity index (χ3v) is 4.06. The van der Waals surface area contributed by atoms with Gasteiger partial charge in [0.05, 0.1) is 0 Å². The molecule has 1 atom stereocenters. The van der Waals surface area contributed by atoms with Gasteiger partial charge in [0, 0.05) is 13.0 Å². The van der Waals surface area contributed by atoms with Gasteiger partial charge in [0.25, 0.3) is 0 Å². The van der Waals surface area contributed by atoms with Crippen LogP contribution in [0.1, 0.15) is 64.7 Å². The van der Waals surface area contributed by atoms with Crippen LogP contribution in [0, 0.1) is 11.8 Å². The SMILES string of the molecule is CCCC(CCN)CNC(=O)CC1CCCCC1. The number of carbonyl (C=O) groups is 1. The van der Waals surface area contributed by atoms with Crippen LogP contribution in [0.3, 0.4) is 0 Å². The van der Waals surface area contributed by atoms with Gasteiger partial charge >= 0.3 is 0 Å². The average molecular weight is 254 g/mol. The lowest BCUT2D eigenvalue weighted by molar-refractivity contribution is -0.122. The molecule has 3 heteroatoms. The minimum absolute atomic E-state index is 0.250. The second-order valence-electron chi connectivity index (χ2n) is 5.74. The van der Waals surface area contributed by atoms with Crippen LogP contribution in [-0.2, 0) is 4.79 Å². The number of nitrogens with two attached hydrogens (primary N) is 1. The van der Waals surface area contributed by atoms with Gasteiger partial charge in [-0.1, -0.05) is 32.6 Å². The molecule has 18 heavy (non-hydrogen) atoms. The van der Waals surface area contributed by atoms with Crippen LogP contribution < -0.4 is 11.1 Å². The molecular weight excluding hydrogens is 224 g/mol. The van der Waals surface area contributed by atoms with E-state index in [9.17, 15) is 4.79 Å². The van der Waals surface area contributed by atoms with Crippen LogP contribution in [0.5, 0.6) is 0 Å². The zero-order valence-electron chi connectivity index (χ0n) is 11.9. The Kier molecular flexibility index (Phi) is 8.06. The summed E-state index contributed by atoms with van der Waals surface area (Å²) in [4.78, 5) is 11.9. The monoisotopic (exact) mass is 254 g/mol. The quantitative estimate of drug-likeness (QED) is 0.700. The van der Waals surface area contributed by atoms with Crippen LogP contribution >= 0.6 is 0 Å². The smallest absolute Gasteiger partial charge is 0.220 e. The summed E-state index contributed by atoms with van der Waals surface area (Å²) < 4.78 is 0. The molecule has 0 saturated heterocycles. The summed E-state index contributed by atoms with van der Waals surface area (Å²) in [5.74, 6) is 1.45. The van der Waals surface area contributed by atoms with Crippen molar-refractivity contribution in [1.82, 2.24) is 5.32 Å². The number of nitrogens with one attached hydrogen (secondary N) is 1. The lowest BCUT2D eigenvalue weighted by atomic mass is 9.87. The Morgan fingerprint density at radius 1 is 1.28 bits per heavy atom.